The number of rotatable bonds is 5. The molecule has 0 radical (unpaired) electrons. The molecule has 20 heavy (non-hydrogen) atoms. The van der Waals surface area contributed by atoms with E-state index in [4.69, 9.17) is 0 Å². The Balaban J connectivity index is 2.02. The maximum atomic E-state index is 3.76. The summed E-state index contributed by atoms with van der Waals surface area (Å²) in [5.74, 6) is 1.63. The molecule has 2 atom stereocenters. The van der Waals surface area contributed by atoms with Crippen molar-refractivity contribution in [3.63, 3.8) is 0 Å². The van der Waals surface area contributed by atoms with Crippen LogP contribution < -0.4 is 10.2 Å². The average Bonchev–Trinajstić information content (AvgIpc) is 2.43. The average molecular weight is 339 g/mol. The van der Waals surface area contributed by atoms with Gasteiger partial charge in [0.2, 0.25) is 0 Å². The van der Waals surface area contributed by atoms with E-state index in [1.807, 2.05) is 0 Å². The maximum Gasteiger partial charge on any atom is 0.0510 e. The summed E-state index contributed by atoms with van der Waals surface area (Å²) in [7, 11) is 0. The van der Waals surface area contributed by atoms with Crippen molar-refractivity contribution in [2.75, 3.05) is 24.5 Å². The Morgan fingerprint density at radius 2 is 2.10 bits per heavy atom. The van der Waals surface area contributed by atoms with Crippen LogP contribution in [-0.2, 0) is 6.54 Å². The molecule has 0 saturated carbocycles. The number of nitrogens with one attached hydrogen (secondary N) is 1. The molecule has 0 amide bonds. The smallest absolute Gasteiger partial charge is 0.0510 e. The van der Waals surface area contributed by atoms with E-state index in [-0.39, 0.29) is 0 Å². The molecule has 2 nitrogen and oxygen atoms in total. The lowest BCUT2D eigenvalue weighted by Gasteiger charge is -2.37. The highest BCUT2D eigenvalue weighted by atomic mass is 79.9. The molecule has 0 aliphatic carbocycles. The Morgan fingerprint density at radius 1 is 1.30 bits per heavy atom. The largest absolute Gasteiger partial charge is 0.370 e. The minimum atomic E-state index is 0.779. The second-order valence-corrected chi connectivity index (χ2v) is 7.01. The summed E-state index contributed by atoms with van der Waals surface area (Å²) in [4.78, 5) is 2.53. The third kappa shape index (κ3) is 3.98. The fourth-order valence-electron chi connectivity index (χ4n) is 2.81. The van der Waals surface area contributed by atoms with Gasteiger partial charge in [-0.05, 0) is 64.8 Å². The first-order chi connectivity index (χ1) is 9.61. The highest BCUT2D eigenvalue weighted by molar-refractivity contribution is 9.10. The Hall–Kier alpha value is -0.540. The minimum Gasteiger partial charge on any atom is -0.370 e. The molecule has 2 unspecified atom stereocenters. The number of benzene rings is 1. The van der Waals surface area contributed by atoms with E-state index >= 15 is 0 Å². The highest BCUT2D eigenvalue weighted by Gasteiger charge is 2.23. The molecule has 1 aliphatic rings. The fraction of sp³-hybridized carbons (Fsp3) is 0.647. The number of halogens is 1. The Labute approximate surface area is 132 Å². The van der Waals surface area contributed by atoms with Gasteiger partial charge in [0.25, 0.3) is 0 Å². The zero-order valence-electron chi connectivity index (χ0n) is 13.0. The molecule has 0 bridgehead atoms. The minimum absolute atomic E-state index is 0.779. The molecule has 3 heteroatoms. The van der Waals surface area contributed by atoms with Gasteiger partial charge in [0.1, 0.15) is 0 Å². The first-order valence-corrected chi connectivity index (χ1v) is 8.65. The monoisotopic (exact) mass is 338 g/mol. The van der Waals surface area contributed by atoms with Gasteiger partial charge in [-0.25, -0.2) is 0 Å². The summed E-state index contributed by atoms with van der Waals surface area (Å²) in [6.07, 6.45) is 2.48. The molecule has 1 heterocycles. The quantitative estimate of drug-likeness (QED) is 0.799. The first kappa shape index (κ1) is 15.8. The van der Waals surface area contributed by atoms with Crippen molar-refractivity contribution in [1.29, 1.82) is 0 Å². The lowest BCUT2D eigenvalue weighted by molar-refractivity contribution is 0.324. The van der Waals surface area contributed by atoms with Gasteiger partial charge in [-0.2, -0.15) is 0 Å². The van der Waals surface area contributed by atoms with E-state index in [1.165, 1.54) is 41.7 Å². The van der Waals surface area contributed by atoms with Crippen LogP contribution in [0.15, 0.2) is 22.7 Å². The third-order valence-corrected chi connectivity index (χ3v) is 5.08. The van der Waals surface area contributed by atoms with Crippen LogP contribution in [0.5, 0.6) is 0 Å². The summed E-state index contributed by atoms with van der Waals surface area (Å²) >= 11 is 3.76. The summed E-state index contributed by atoms with van der Waals surface area (Å²) in [6.45, 7) is 11.3. The van der Waals surface area contributed by atoms with Crippen LogP contribution in [0.3, 0.4) is 0 Å². The van der Waals surface area contributed by atoms with E-state index in [1.54, 1.807) is 0 Å². The van der Waals surface area contributed by atoms with Gasteiger partial charge in [-0.3, -0.25) is 0 Å². The van der Waals surface area contributed by atoms with E-state index < -0.39 is 0 Å². The van der Waals surface area contributed by atoms with Gasteiger partial charge in [-0.1, -0.05) is 26.8 Å². The second kappa shape index (κ2) is 7.46. The molecule has 1 aliphatic heterocycles. The normalized spacial score (nSPS) is 23.1. The van der Waals surface area contributed by atoms with Crippen LogP contribution in [-0.4, -0.2) is 19.6 Å². The predicted molar refractivity (Wildman–Crippen MR) is 91.3 cm³/mol. The van der Waals surface area contributed by atoms with Gasteiger partial charge >= 0.3 is 0 Å². The van der Waals surface area contributed by atoms with Crippen molar-refractivity contribution >= 4 is 21.6 Å². The molecule has 1 aromatic rings. The summed E-state index contributed by atoms with van der Waals surface area (Å²) in [5.41, 5.74) is 2.70. The molecule has 1 fully saturated rings. The van der Waals surface area contributed by atoms with Gasteiger partial charge in [0, 0.05) is 24.1 Å². The Bertz CT molecular complexity index is 433. The molecule has 0 aromatic heterocycles. The van der Waals surface area contributed by atoms with Crippen LogP contribution in [0.25, 0.3) is 0 Å². The molecule has 0 spiro atoms. The number of anilines is 1. The number of piperidine rings is 1. The predicted octanol–water partition coefficient (Wildman–Crippen LogP) is 4.43. The lowest BCUT2D eigenvalue weighted by Crippen LogP contribution is -2.38. The van der Waals surface area contributed by atoms with Crippen molar-refractivity contribution in [2.24, 2.45) is 11.8 Å². The molecule has 112 valence electrons. The van der Waals surface area contributed by atoms with Gasteiger partial charge in [0.15, 0.2) is 0 Å². The molecule has 1 saturated heterocycles. The zero-order chi connectivity index (χ0) is 14.5. The zero-order valence-corrected chi connectivity index (χ0v) is 14.5. The topological polar surface area (TPSA) is 15.3 Å². The molecular formula is C17H27BrN2. The first-order valence-electron chi connectivity index (χ1n) is 7.86. The van der Waals surface area contributed by atoms with Crippen LogP contribution in [0, 0.1) is 11.8 Å². The van der Waals surface area contributed by atoms with Gasteiger partial charge in [0.05, 0.1) is 5.69 Å². The van der Waals surface area contributed by atoms with E-state index in [0.717, 1.165) is 24.9 Å². The van der Waals surface area contributed by atoms with Gasteiger partial charge in [-0.15, -0.1) is 0 Å². The summed E-state index contributed by atoms with van der Waals surface area (Å²) in [6, 6.07) is 6.79. The Morgan fingerprint density at radius 3 is 2.75 bits per heavy atom. The van der Waals surface area contributed by atoms with E-state index in [2.05, 4.69) is 65.1 Å². The fourth-order valence-corrected chi connectivity index (χ4v) is 3.48. The van der Waals surface area contributed by atoms with Crippen molar-refractivity contribution in [1.82, 2.24) is 5.32 Å². The SMILES string of the molecule is CCCNCc1ccc(N2CCC(C)C(C)C2)c(Br)c1. The van der Waals surface area contributed by atoms with Crippen LogP contribution >= 0.6 is 15.9 Å². The second-order valence-electron chi connectivity index (χ2n) is 6.15. The van der Waals surface area contributed by atoms with Crippen LogP contribution in [0.4, 0.5) is 5.69 Å². The highest BCUT2D eigenvalue weighted by Crippen LogP contribution is 2.32. The molecule has 1 aromatic carbocycles. The van der Waals surface area contributed by atoms with Crippen molar-refractivity contribution in [3.05, 3.63) is 28.2 Å². The van der Waals surface area contributed by atoms with E-state index in [0.29, 0.717) is 0 Å². The molecule has 1 N–H and O–H groups in total. The third-order valence-electron chi connectivity index (χ3n) is 4.44. The summed E-state index contributed by atoms with van der Waals surface area (Å²) < 4.78 is 1.23. The number of hydrogen-bond donors (Lipinski definition) is 1. The molecule has 2 rings (SSSR count). The number of hydrogen-bond acceptors (Lipinski definition) is 2. The Kier molecular flexibility index (Phi) is 5.91. The van der Waals surface area contributed by atoms with Crippen LogP contribution in [0.1, 0.15) is 39.2 Å². The lowest BCUT2D eigenvalue weighted by atomic mass is 9.88. The van der Waals surface area contributed by atoms with E-state index in [9.17, 15) is 0 Å². The maximum absolute atomic E-state index is 3.76. The van der Waals surface area contributed by atoms with Crippen molar-refractivity contribution in [2.45, 2.75) is 40.2 Å². The van der Waals surface area contributed by atoms with Crippen LogP contribution in [0.2, 0.25) is 0 Å². The summed E-state index contributed by atoms with van der Waals surface area (Å²) in [5, 5.41) is 3.46. The standard InChI is InChI=1S/C17H27BrN2/c1-4-8-19-11-15-5-6-17(16(18)10-15)20-9-7-13(2)14(3)12-20/h5-6,10,13-14,19H,4,7-9,11-12H2,1-3H3. The van der Waals surface area contributed by atoms with Crippen molar-refractivity contribution in [3.8, 4) is 0 Å². The van der Waals surface area contributed by atoms with Crippen molar-refractivity contribution < 1.29 is 0 Å². The van der Waals surface area contributed by atoms with Gasteiger partial charge < -0.3 is 10.2 Å². The molecular weight excluding hydrogens is 312 g/mol. The number of nitrogens with zero attached hydrogens (tertiary/aromatic N) is 1.